The minimum Gasteiger partial charge on any atom is -0.354 e. The molecule has 0 aliphatic heterocycles. The molecule has 1 N–H and O–H groups in total. The summed E-state index contributed by atoms with van der Waals surface area (Å²) in [6.45, 7) is 3.00. The predicted octanol–water partition coefficient (Wildman–Crippen LogP) is 5.66. The van der Waals surface area contributed by atoms with Crippen LogP contribution in [0.5, 0.6) is 0 Å². The number of aromatic nitrogens is 1. The van der Waals surface area contributed by atoms with Crippen LogP contribution in [0.3, 0.4) is 0 Å². The summed E-state index contributed by atoms with van der Waals surface area (Å²) < 4.78 is 14.1. The van der Waals surface area contributed by atoms with Gasteiger partial charge in [-0.25, -0.2) is 4.39 Å². The number of hydrogen-bond acceptors (Lipinski definition) is 2. The van der Waals surface area contributed by atoms with Crippen LogP contribution in [-0.4, -0.2) is 47.2 Å². The number of carbonyl (C=O) groups is 2. The van der Waals surface area contributed by atoms with Gasteiger partial charge in [-0.15, -0.1) is 0 Å². The van der Waals surface area contributed by atoms with Crippen LogP contribution in [0.4, 0.5) is 4.39 Å². The van der Waals surface area contributed by atoms with E-state index in [1.165, 1.54) is 17.0 Å². The largest absolute Gasteiger partial charge is 0.354 e. The Morgan fingerprint density at radius 2 is 1.66 bits per heavy atom. The first-order valence-corrected chi connectivity index (χ1v) is 11.8. The highest BCUT2D eigenvalue weighted by Crippen LogP contribution is 2.32. The first-order chi connectivity index (χ1) is 16.9. The summed E-state index contributed by atoms with van der Waals surface area (Å²) in [5, 5.41) is 0.806. The van der Waals surface area contributed by atoms with Gasteiger partial charge in [0.2, 0.25) is 5.91 Å². The highest BCUT2D eigenvalue weighted by Gasteiger charge is 2.18. The molecule has 180 valence electrons. The van der Waals surface area contributed by atoms with Crippen molar-refractivity contribution in [2.75, 3.05) is 20.6 Å². The maximum Gasteiger partial charge on any atom is 0.253 e. The highest BCUT2D eigenvalue weighted by atomic mass is 19.1. The number of nitrogens with zero attached hydrogens (tertiary/aromatic N) is 2. The van der Waals surface area contributed by atoms with Crippen molar-refractivity contribution in [3.63, 3.8) is 0 Å². The van der Waals surface area contributed by atoms with Gasteiger partial charge in [0.05, 0.1) is 0 Å². The molecule has 4 rings (SSSR count). The average molecular weight is 472 g/mol. The van der Waals surface area contributed by atoms with E-state index in [2.05, 4.69) is 4.98 Å². The number of nitrogens with one attached hydrogen (secondary N) is 1. The first-order valence-electron chi connectivity index (χ1n) is 11.8. The smallest absolute Gasteiger partial charge is 0.253 e. The zero-order chi connectivity index (χ0) is 24.9. The Bertz CT molecular complexity index is 1330. The van der Waals surface area contributed by atoms with Crippen LogP contribution in [0.2, 0.25) is 0 Å². The van der Waals surface area contributed by atoms with Crippen LogP contribution in [0.1, 0.15) is 34.8 Å². The van der Waals surface area contributed by atoms with Gasteiger partial charge in [-0.2, -0.15) is 0 Å². The van der Waals surface area contributed by atoms with Gasteiger partial charge in [0.15, 0.2) is 0 Å². The quantitative estimate of drug-likeness (QED) is 0.361. The van der Waals surface area contributed by atoms with Crippen molar-refractivity contribution < 1.29 is 14.0 Å². The number of H-pyrrole nitrogens is 1. The zero-order valence-corrected chi connectivity index (χ0v) is 20.3. The number of fused-ring (bicyclic) bond motifs is 1. The van der Waals surface area contributed by atoms with Crippen molar-refractivity contribution in [2.45, 2.75) is 26.3 Å². The van der Waals surface area contributed by atoms with Gasteiger partial charge in [-0.05, 0) is 60.4 Å². The van der Waals surface area contributed by atoms with E-state index in [-0.39, 0.29) is 17.6 Å². The number of aromatic amines is 1. The Balaban J connectivity index is 1.51. The maximum atomic E-state index is 14.1. The van der Waals surface area contributed by atoms with E-state index >= 15 is 0 Å². The second-order valence-corrected chi connectivity index (χ2v) is 8.84. The molecule has 35 heavy (non-hydrogen) atoms. The normalized spacial score (nSPS) is 11.0. The summed E-state index contributed by atoms with van der Waals surface area (Å²) in [5.74, 6) is -0.315. The van der Waals surface area contributed by atoms with Crippen LogP contribution in [-0.2, 0) is 17.8 Å². The Kier molecular flexibility index (Phi) is 7.30. The Hall–Kier alpha value is -3.93. The van der Waals surface area contributed by atoms with E-state index in [1.807, 2.05) is 49.4 Å². The maximum absolute atomic E-state index is 14.1. The minimum absolute atomic E-state index is 0.0331. The molecular weight excluding hydrogens is 441 g/mol. The molecule has 2 amide bonds. The van der Waals surface area contributed by atoms with Crippen LogP contribution in [0.15, 0.2) is 72.8 Å². The Morgan fingerprint density at radius 3 is 2.31 bits per heavy atom. The number of hydrogen-bond donors (Lipinski definition) is 1. The van der Waals surface area contributed by atoms with Crippen molar-refractivity contribution in [2.24, 2.45) is 0 Å². The Labute approximate surface area is 205 Å². The lowest BCUT2D eigenvalue weighted by Gasteiger charge is -2.21. The fourth-order valence-corrected chi connectivity index (χ4v) is 4.33. The molecule has 0 fully saturated rings. The third kappa shape index (κ3) is 5.43. The molecule has 0 spiro atoms. The van der Waals surface area contributed by atoms with E-state index in [9.17, 15) is 14.0 Å². The number of halogens is 1. The number of benzene rings is 3. The summed E-state index contributed by atoms with van der Waals surface area (Å²) in [7, 11) is 3.44. The summed E-state index contributed by atoms with van der Waals surface area (Å²) >= 11 is 0. The van der Waals surface area contributed by atoms with Gasteiger partial charge in [-0.1, -0.05) is 42.5 Å². The van der Waals surface area contributed by atoms with E-state index in [4.69, 9.17) is 0 Å². The SMILES string of the molecule is CCN(Cc1ccc(C(=O)N(C)C)cc1)C(=O)CCc1c(-c2ccccc2)[nH]c2ccc(F)cc12. The standard InChI is InChI=1S/C29H30FN3O2/c1-4-33(19-20-10-12-22(13-11-20)29(35)32(2)3)27(34)17-15-24-25-18-23(30)14-16-26(25)31-28(24)21-8-6-5-7-9-21/h5-14,16,18,31H,4,15,17,19H2,1-3H3. The molecule has 5 nitrogen and oxygen atoms in total. The Morgan fingerprint density at radius 1 is 0.943 bits per heavy atom. The van der Waals surface area contributed by atoms with Crippen molar-refractivity contribution in [1.82, 2.24) is 14.8 Å². The molecule has 0 unspecified atom stereocenters. The van der Waals surface area contributed by atoms with Gasteiger partial charge in [-0.3, -0.25) is 9.59 Å². The van der Waals surface area contributed by atoms with E-state index in [0.717, 1.165) is 33.3 Å². The molecule has 3 aromatic carbocycles. The molecule has 4 aromatic rings. The second-order valence-electron chi connectivity index (χ2n) is 8.84. The number of rotatable bonds is 8. The number of amides is 2. The predicted molar refractivity (Wildman–Crippen MR) is 138 cm³/mol. The average Bonchev–Trinajstić information content (AvgIpc) is 3.23. The van der Waals surface area contributed by atoms with Crippen LogP contribution in [0.25, 0.3) is 22.2 Å². The topological polar surface area (TPSA) is 56.4 Å². The monoisotopic (exact) mass is 471 g/mol. The van der Waals surface area contributed by atoms with Gasteiger partial charge in [0.1, 0.15) is 5.82 Å². The molecule has 0 aliphatic rings. The fourth-order valence-electron chi connectivity index (χ4n) is 4.33. The lowest BCUT2D eigenvalue weighted by Crippen LogP contribution is -2.30. The van der Waals surface area contributed by atoms with Crippen molar-refractivity contribution in [3.05, 3.63) is 95.3 Å². The number of carbonyl (C=O) groups excluding carboxylic acids is 2. The molecule has 0 bridgehead atoms. The van der Waals surface area contributed by atoms with Gasteiger partial charge in [0.25, 0.3) is 5.91 Å². The first kappa shape index (κ1) is 24.2. The molecule has 1 aromatic heterocycles. The van der Waals surface area contributed by atoms with Crippen LogP contribution >= 0.6 is 0 Å². The van der Waals surface area contributed by atoms with E-state index in [0.29, 0.717) is 31.5 Å². The molecule has 0 atom stereocenters. The summed E-state index contributed by atoms with van der Waals surface area (Å²) in [6.07, 6.45) is 0.813. The van der Waals surface area contributed by atoms with Crippen LogP contribution < -0.4 is 0 Å². The molecule has 0 radical (unpaired) electrons. The second kappa shape index (κ2) is 10.6. The van der Waals surface area contributed by atoms with Crippen molar-refractivity contribution in [3.8, 4) is 11.3 Å². The third-order valence-electron chi connectivity index (χ3n) is 6.23. The summed E-state index contributed by atoms with van der Waals surface area (Å²) in [4.78, 5) is 32.0. The lowest BCUT2D eigenvalue weighted by atomic mass is 10.0. The third-order valence-corrected chi connectivity index (χ3v) is 6.23. The lowest BCUT2D eigenvalue weighted by molar-refractivity contribution is -0.131. The van der Waals surface area contributed by atoms with Gasteiger partial charge in [0, 0.05) is 55.8 Å². The fraction of sp³-hybridized carbons (Fsp3) is 0.241. The minimum atomic E-state index is -0.296. The highest BCUT2D eigenvalue weighted by molar-refractivity contribution is 5.94. The zero-order valence-electron chi connectivity index (χ0n) is 20.3. The van der Waals surface area contributed by atoms with Crippen molar-refractivity contribution >= 4 is 22.7 Å². The van der Waals surface area contributed by atoms with Gasteiger partial charge < -0.3 is 14.8 Å². The summed E-state index contributed by atoms with van der Waals surface area (Å²) in [5.41, 5.74) is 5.31. The molecular formula is C29H30FN3O2. The molecule has 0 saturated heterocycles. The van der Waals surface area contributed by atoms with E-state index < -0.39 is 0 Å². The van der Waals surface area contributed by atoms with Crippen molar-refractivity contribution in [1.29, 1.82) is 0 Å². The number of aryl methyl sites for hydroxylation is 1. The van der Waals surface area contributed by atoms with E-state index in [1.54, 1.807) is 37.2 Å². The molecule has 1 heterocycles. The molecule has 6 heteroatoms. The van der Waals surface area contributed by atoms with Crippen LogP contribution in [0, 0.1) is 5.82 Å². The molecule has 0 aliphatic carbocycles. The molecule has 0 saturated carbocycles. The van der Waals surface area contributed by atoms with Gasteiger partial charge >= 0.3 is 0 Å². The summed E-state index contributed by atoms with van der Waals surface area (Å²) in [6, 6.07) is 22.0.